The molecule has 306 valence electrons. The summed E-state index contributed by atoms with van der Waals surface area (Å²) in [6.45, 7) is 13.1. The summed E-state index contributed by atoms with van der Waals surface area (Å²) in [6, 6.07) is 12.0. The van der Waals surface area contributed by atoms with Crippen LogP contribution in [0.5, 0.6) is 0 Å². The Balaban J connectivity index is 0.959. The van der Waals surface area contributed by atoms with Crippen LogP contribution in [0.4, 0.5) is 11.6 Å². The first kappa shape index (κ1) is 39.2. The Morgan fingerprint density at radius 2 is 1.67 bits per heavy atom. The Morgan fingerprint density at radius 1 is 0.914 bits per heavy atom. The molecule has 1 aromatic carbocycles. The minimum absolute atomic E-state index is 0.0298. The third-order valence-corrected chi connectivity index (χ3v) is 15.2. The van der Waals surface area contributed by atoms with Crippen LogP contribution < -0.4 is 4.90 Å². The molecule has 5 aliphatic rings. The van der Waals surface area contributed by atoms with E-state index >= 15 is 0 Å². The average molecular weight is 803 g/mol. The lowest BCUT2D eigenvalue weighted by Crippen LogP contribution is -2.60. The first-order valence-electron chi connectivity index (χ1n) is 21.3. The molecule has 0 spiro atoms. The van der Waals surface area contributed by atoms with Crippen molar-refractivity contribution in [2.24, 2.45) is 21.7 Å². The number of rotatable bonds is 14. The van der Waals surface area contributed by atoms with Crippen molar-refractivity contribution >= 4 is 39.2 Å². The van der Waals surface area contributed by atoms with Crippen LogP contribution in [0.25, 0.3) is 21.3 Å². The fourth-order valence-electron chi connectivity index (χ4n) is 13.1. The maximum Gasteiger partial charge on any atom is 0.355 e. The fraction of sp³-hybridized carbons (Fsp3) is 0.565. The van der Waals surface area contributed by atoms with Crippen LogP contribution in [0.3, 0.4) is 0 Å². The van der Waals surface area contributed by atoms with E-state index in [4.69, 9.17) is 25.3 Å². The Hall–Kier alpha value is -4.26. The summed E-state index contributed by atoms with van der Waals surface area (Å²) in [5.41, 5.74) is 7.81. The van der Waals surface area contributed by atoms with Gasteiger partial charge in [-0.05, 0) is 150 Å². The summed E-state index contributed by atoms with van der Waals surface area (Å²) < 4.78 is 3.34. The highest BCUT2D eigenvalue weighted by molar-refractivity contribution is 7.18. The zero-order chi connectivity index (χ0) is 40.5. The highest BCUT2D eigenvalue weighted by Crippen LogP contribution is 2.75. The first-order valence-corrected chi connectivity index (χ1v) is 22.1. The van der Waals surface area contributed by atoms with E-state index in [0.29, 0.717) is 40.6 Å². The molecule has 2 atom stereocenters. The highest BCUT2D eigenvalue weighted by atomic mass is 32.1. The van der Waals surface area contributed by atoms with Crippen molar-refractivity contribution in [2.75, 3.05) is 38.2 Å². The minimum atomic E-state index is -1.06. The molecule has 4 aromatic heterocycles. The van der Waals surface area contributed by atoms with Crippen molar-refractivity contribution in [3.8, 4) is 11.1 Å². The number of aliphatic hydroxyl groups is 1. The Bertz CT molecular complexity index is 2320. The van der Waals surface area contributed by atoms with E-state index in [0.717, 1.165) is 83.3 Å². The van der Waals surface area contributed by atoms with Crippen molar-refractivity contribution in [2.45, 2.75) is 111 Å². The molecular formula is C46H58N8O3S. The van der Waals surface area contributed by atoms with Gasteiger partial charge in [-0.1, -0.05) is 26.0 Å². The Kier molecular flexibility index (Phi) is 9.99. The van der Waals surface area contributed by atoms with Crippen molar-refractivity contribution in [3.63, 3.8) is 0 Å². The summed E-state index contributed by atoms with van der Waals surface area (Å²) >= 11 is 1.69. The molecule has 4 saturated carbocycles. The molecule has 2 N–H and O–H groups in total. The summed E-state index contributed by atoms with van der Waals surface area (Å²) in [7, 11) is 2.18. The van der Waals surface area contributed by atoms with Crippen LogP contribution in [0.1, 0.15) is 116 Å². The standard InChI is InChI=1S/C46H58N8O3S/c1-30-32-11-8-19-53(41(32)51-50-36(30)21-39-48-35-12-6-7-13-37(35)58-39)38-15-14-33(40(49-38)42(56)57)34-22-47-54(31(34)2)29-46-26-43(3)23-44(4,27-46)25-45(24-43,28-46)16-9-17-52(5)18-10-20-55/h6-7,12-15,22,55H,8-11,16-21,23-29H2,1-5H3,(H,56,57). The van der Waals surface area contributed by atoms with Gasteiger partial charge in [-0.3, -0.25) is 4.68 Å². The van der Waals surface area contributed by atoms with Crippen LogP contribution in [0.15, 0.2) is 42.6 Å². The SMILES string of the molecule is Cc1c(Cc2nc3ccccc3s2)nnc2c1CCCN2c1ccc(-c2cnn(CC34CC5(C)CC(C)(CC(CCCN(C)CCCO)(C5)C3)C4)c2C)c(C(=O)O)n1. The van der Waals surface area contributed by atoms with Gasteiger partial charge in [-0.15, -0.1) is 16.4 Å². The molecule has 5 aromatic rings. The minimum Gasteiger partial charge on any atom is -0.476 e. The van der Waals surface area contributed by atoms with E-state index in [1.807, 2.05) is 41.4 Å². The summed E-state index contributed by atoms with van der Waals surface area (Å²) in [5, 5.41) is 35.4. The maximum absolute atomic E-state index is 13.0. The fourth-order valence-corrected chi connectivity index (χ4v) is 14.1. The number of nitrogens with zero attached hydrogens (tertiary/aromatic N) is 8. The van der Waals surface area contributed by atoms with Gasteiger partial charge in [0.1, 0.15) is 5.82 Å². The number of carboxylic acid groups (broad SMARTS) is 1. The van der Waals surface area contributed by atoms with E-state index in [1.54, 1.807) is 11.3 Å². The molecule has 2 unspecified atom stereocenters. The number of para-hydroxylation sites is 1. The number of carbonyl (C=O) groups is 1. The second-order valence-electron chi connectivity index (χ2n) is 19.4. The lowest BCUT2D eigenvalue weighted by molar-refractivity contribution is -0.198. The third kappa shape index (κ3) is 7.23. The molecule has 0 saturated heterocycles. The number of benzene rings is 1. The number of aliphatic hydroxyl groups excluding tert-OH is 1. The van der Waals surface area contributed by atoms with Crippen molar-refractivity contribution in [3.05, 3.63) is 75.8 Å². The monoisotopic (exact) mass is 802 g/mol. The van der Waals surface area contributed by atoms with E-state index in [-0.39, 0.29) is 17.7 Å². The smallest absolute Gasteiger partial charge is 0.355 e. The number of carboxylic acids is 1. The normalized spacial score (nSPS) is 26.2. The lowest BCUT2D eigenvalue weighted by atomic mass is 9.35. The maximum atomic E-state index is 13.0. The lowest BCUT2D eigenvalue weighted by Gasteiger charge is -2.70. The topological polar surface area (TPSA) is 133 Å². The molecule has 11 nitrogen and oxygen atoms in total. The van der Waals surface area contributed by atoms with Crippen molar-refractivity contribution in [1.82, 2.24) is 34.8 Å². The molecule has 0 amide bonds. The summed E-state index contributed by atoms with van der Waals surface area (Å²) in [5.74, 6) is 0.266. The molecule has 12 heteroatoms. The van der Waals surface area contributed by atoms with Gasteiger partial charge in [0.15, 0.2) is 11.5 Å². The molecule has 5 heterocycles. The Morgan fingerprint density at radius 3 is 2.43 bits per heavy atom. The van der Waals surface area contributed by atoms with Gasteiger partial charge in [0.05, 0.1) is 27.1 Å². The van der Waals surface area contributed by atoms with Gasteiger partial charge in [0.2, 0.25) is 0 Å². The van der Waals surface area contributed by atoms with E-state index in [9.17, 15) is 15.0 Å². The number of hydrogen-bond donors (Lipinski definition) is 2. The van der Waals surface area contributed by atoms with Gasteiger partial charge in [-0.25, -0.2) is 14.8 Å². The summed E-state index contributed by atoms with van der Waals surface area (Å²) in [4.78, 5) is 27.0. The van der Waals surface area contributed by atoms with Crippen LogP contribution >= 0.6 is 11.3 Å². The number of aromatic carboxylic acids is 1. The number of thiazole rings is 1. The number of pyridine rings is 1. The number of anilines is 2. The molecule has 4 fully saturated rings. The first-order chi connectivity index (χ1) is 27.8. The van der Waals surface area contributed by atoms with Gasteiger partial charge in [0.25, 0.3) is 0 Å². The highest BCUT2D eigenvalue weighted by Gasteiger charge is 2.65. The van der Waals surface area contributed by atoms with Gasteiger partial charge < -0.3 is 20.0 Å². The molecule has 0 radical (unpaired) electrons. The second kappa shape index (κ2) is 14.8. The zero-order valence-electron chi connectivity index (χ0n) is 34.9. The molecular weight excluding hydrogens is 745 g/mol. The van der Waals surface area contributed by atoms with E-state index in [1.165, 1.54) is 56.1 Å². The molecule has 1 aliphatic heterocycles. The number of hydrogen-bond acceptors (Lipinski definition) is 10. The second-order valence-corrected chi connectivity index (χ2v) is 20.5. The number of fused-ring (bicyclic) bond motifs is 2. The van der Waals surface area contributed by atoms with Crippen LogP contribution in [-0.4, -0.2) is 84.3 Å². The molecule has 58 heavy (non-hydrogen) atoms. The van der Waals surface area contributed by atoms with Gasteiger partial charge in [0, 0.05) is 55.0 Å². The van der Waals surface area contributed by atoms with Crippen LogP contribution in [-0.2, 0) is 19.4 Å². The third-order valence-electron chi connectivity index (χ3n) is 14.1. The van der Waals surface area contributed by atoms with Crippen molar-refractivity contribution in [1.29, 1.82) is 0 Å². The molecule has 4 bridgehead atoms. The van der Waals surface area contributed by atoms with Crippen LogP contribution in [0.2, 0.25) is 0 Å². The van der Waals surface area contributed by atoms with E-state index in [2.05, 4.69) is 50.4 Å². The quantitative estimate of drug-likeness (QED) is 0.112. The average Bonchev–Trinajstić information content (AvgIpc) is 3.74. The largest absolute Gasteiger partial charge is 0.476 e. The summed E-state index contributed by atoms with van der Waals surface area (Å²) in [6.07, 6.45) is 15.2. The van der Waals surface area contributed by atoms with Crippen LogP contribution in [0, 0.1) is 35.5 Å². The zero-order valence-corrected chi connectivity index (χ0v) is 35.7. The van der Waals surface area contributed by atoms with Crippen molar-refractivity contribution < 1.29 is 15.0 Å². The molecule has 4 aliphatic carbocycles. The Labute approximate surface area is 345 Å². The predicted octanol–water partition coefficient (Wildman–Crippen LogP) is 8.80. The van der Waals surface area contributed by atoms with Gasteiger partial charge in [-0.2, -0.15) is 10.2 Å². The molecule has 10 rings (SSSR count). The predicted molar refractivity (Wildman–Crippen MR) is 229 cm³/mol. The van der Waals surface area contributed by atoms with Gasteiger partial charge >= 0.3 is 5.97 Å². The number of aromatic nitrogens is 6. The van der Waals surface area contributed by atoms with E-state index < -0.39 is 5.97 Å².